The van der Waals surface area contributed by atoms with Gasteiger partial charge in [-0.2, -0.15) is 0 Å². The predicted octanol–water partition coefficient (Wildman–Crippen LogP) is 3.51. The monoisotopic (exact) mass is 488 g/mol. The van der Waals surface area contributed by atoms with Gasteiger partial charge in [0, 0.05) is 31.4 Å². The molecule has 0 spiro atoms. The molecule has 7 nitrogen and oxygen atoms in total. The first-order valence-corrected chi connectivity index (χ1v) is 11.9. The van der Waals surface area contributed by atoms with Crippen molar-refractivity contribution in [1.82, 2.24) is 10.2 Å². The van der Waals surface area contributed by atoms with Crippen molar-refractivity contribution >= 4 is 29.1 Å². The van der Waals surface area contributed by atoms with Crippen molar-refractivity contribution in [2.24, 2.45) is 0 Å². The Hall–Kier alpha value is -4.04. The van der Waals surface area contributed by atoms with Crippen LogP contribution in [0.3, 0.4) is 0 Å². The Balaban J connectivity index is 1.39. The van der Waals surface area contributed by atoms with Crippen molar-refractivity contribution < 1.29 is 18.8 Å². The van der Waals surface area contributed by atoms with Crippen LogP contribution in [0.4, 0.5) is 15.8 Å². The number of hydrogen-bond donors (Lipinski definition) is 3. The van der Waals surface area contributed by atoms with Gasteiger partial charge in [-0.15, -0.1) is 0 Å². The third-order valence-electron chi connectivity index (χ3n) is 6.11. The molecule has 3 amide bonds. The van der Waals surface area contributed by atoms with Gasteiger partial charge in [-0.05, 0) is 65.9 Å². The molecular weight excluding hydrogens is 459 g/mol. The van der Waals surface area contributed by atoms with Gasteiger partial charge in [-0.25, -0.2) is 4.39 Å². The van der Waals surface area contributed by atoms with Crippen LogP contribution in [0.15, 0.2) is 72.8 Å². The molecule has 1 unspecified atom stereocenters. The van der Waals surface area contributed by atoms with E-state index < -0.39 is 6.04 Å². The van der Waals surface area contributed by atoms with E-state index in [1.54, 1.807) is 36.4 Å². The number of nitrogens with one attached hydrogen (secondary N) is 3. The Labute approximate surface area is 209 Å². The number of halogens is 1. The normalized spacial score (nSPS) is 15.0. The minimum Gasteiger partial charge on any atom is -0.354 e. The number of rotatable bonds is 8. The molecule has 3 aromatic rings. The summed E-state index contributed by atoms with van der Waals surface area (Å²) in [4.78, 5) is 39.1. The lowest BCUT2D eigenvalue weighted by atomic mass is 9.93. The highest BCUT2D eigenvalue weighted by molar-refractivity contribution is 5.94. The first kappa shape index (κ1) is 25.1. The van der Waals surface area contributed by atoms with Crippen molar-refractivity contribution in [1.29, 1.82) is 0 Å². The molecule has 3 aromatic carbocycles. The second-order valence-corrected chi connectivity index (χ2v) is 8.87. The largest absolute Gasteiger partial charge is 0.354 e. The maximum absolute atomic E-state index is 13.1. The fourth-order valence-electron chi connectivity index (χ4n) is 4.33. The van der Waals surface area contributed by atoms with Gasteiger partial charge in [0.2, 0.25) is 17.7 Å². The topological polar surface area (TPSA) is 90.5 Å². The van der Waals surface area contributed by atoms with Crippen LogP contribution in [0, 0.1) is 5.82 Å². The molecule has 8 heteroatoms. The van der Waals surface area contributed by atoms with Crippen LogP contribution < -0.4 is 16.0 Å². The average Bonchev–Trinajstić information content (AvgIpc) is 2.85. The van der Waals surface area contributed by atoms with Crippen LogP contribution in [0.1, 0.15) is 23.6 Å². The second kappa shape index (κ2) is 11.6. The number of benzene rings is 3. The molecule has 186 valence electrons. The fourth-order valence-corrected chi connectivity index (χ4v) is 4.33. The van der Waals surface area contributed by atoms with Gasteiger partial charge in [0.1, 0.15) is 5.82 Å². The molecule has 0 bridgehead atoms. The van der Waals surface area contributed by atoms with E-state index in [1.165, 1.54) is 19.1 Å². The highest BCUT2D eigenvalue weighted by Gasteiger charge is 2.32. The van der Waals surface area contributed by atoms with Crippen LogP contribution in [-0.4, -0.2) is 41.8 Å². The van der Waals surface area contributed by atoms with E-state index in [2.05, 4.69) is 16.0 Å². The van der Waals surface area contributed by atoms with E-state index in [4.69, 9.17) is 0 Å². The molecule has 3 N–H and O–H groups in total. The Bertz CT molecular complexity index is 1230. The summed E-state index contributed by atoms with van der Waals surface area (Å²) in [6.45, 7) is 2.39. The lowest BCUT2D eigenvalue weighted by molar-refractivity contribution is -0.128. The number of hydrogen-bond acceptors (Lipinski definition) is 4. The molecule has 0 aromatic heterocycles. The third kappa shape index (κ3) is 6.76. The molecule has 0 fully saturated rings. The lowest BCUT2D eigenvalue weighted by Gasteiger charge is -2.35. The van der Waals surface area contributed by atoms with E-state index in [0.717, 1.165) is 16.7 Å². The van der Waals surface area contributed by atoms with E-state index in [-0.39, 0.29) is 30.1 Å². The fraction of sp³-hybridized carbons (Fsp3) is 0.250. The van der Waals surface area contributed by atoms with Gasteiger partial charge >= 0.3 is 0 Å². The first-order valence-electron chi connectivity index (χ1n) is 11.9. The summed E-state index contributed by atoms with van der Waals surface area (Å²) in [5.41, 5.74) is 4.38. The summed E-state index contributed by atoms with van der Waals surface area (Å²) in [6.07, 6.45) is 1.10. The quantitative estimate of drug-likeness (QED) is 0.453. The summed E-state index contributed by atoms with van der Waals surface area (Å²) in [6, 6.07) is 20.5. The molecule has 1 aliphatic heterocycles. The number of fused-ring (bicyclic) bond motifs is 1. The van der Waals surface area contributed by atoms with E-state index in [9.17, 15) is 18.8 Å². The van der Waals surface area contributed by atoms with Crippen LogP contribution in [-0.2, 0) is 33.8 Å². The maximum Gasteiger partial charge on any atom is 0.238 e. The van der Waals surface area contributed by atoms with Crippen molar-refractivity contribution in [3.63, 3.8) is 0 Å². The summed E-state index contributed by atoms with van der Waals surface area (Å²) >= 11 is 0. The van der Waals surface area contributed by atoms with Gasteiger partial charge in [0.05, 0.1) is 12.6 Å². The molecule has 36 heavy (non-hydrogen) atoms. The van der Waals surface area contributed by atoms with Crippen LogP contribution in [0.2, 0.25) is 0 Å². The Morgan fingerprint density at radius 2 is 1.53 bits per heavy atom. The number of carbonyl (C=O) groups is 3. The summed E-state index contributed by atoms with van der Waals surface area (Å²) in [5, 5.41) is 8.53. The van der Waals surface area contributed by atoms with Gasteiger partial charge in [-0.3, -0.25) is 19.3 Å². The lowest BCUT2D eigenvalue weighted by Crippen LogP contribution is -2.52. The highest BCUT2D eigenvalue weighted by Crippen LogP contribution is 2.23. The zero-order valence-electron chi connectivity index (χ0n) is 20.1. The summed E-state index contributed by atoms with van der Waals surface area (Å²) in [7, 11) is 0. The smallest absolute Gasteiger partial charge is 0.238 e. The highest BCUT2D eigenvalue weighted by atomic mass is 19.1. The van der Waals surface area contributed by atoms with E-state index in [1.807, 2.05) is 29.2 Å². The molecule has 1 aliphatic rings. The molecule has 4 rings (SSSR count). The zero-order valence-corrected chi connectivity index (χ0v) is 20.1. The van der Waals surface area contributed by atoms with Crippen molar-refractivity contribution in [3.05, 3.63) is 95.3 Å². The number of nitrogens with zero attached hydrogens (tertiary/aromatic N) is 1. The number of anilines is 2. The van der Waals surface area contributed by atoms with Crippen molar-refractivity contribution in [2.75, 3.05) is 23.7 Å². The maximum atomic E-state index is 13.1. The van der Waals surface area contributed by atoms with Crippen LogP contribution >= 0.6 is 0 Å². The minimum atomic E-state index is -0.485. The summed E-state index contributed by atoms with van der Waals surface area (Å²) in [5.74, 6) is -0.828. The average molecular weight is 489 g/mol. The van der Waals surface area contributed by atoms with Crippen LogP contribution in [0.25, 0.3) is 0 Å². The predicted molar refractivity (Wildman–Crippen MR) is 137 cm³/mol. The van der Waals surface area contributed by atoms with Crippen molar-refractivity contribution in [3.8, 4) is 0 Å². The molecular formula is C28H29FN4O3. The molecule has 1 atom stereocenters. The molecule has 0 saturated heterocycles. The van der Waals surface area contributed by atoms with Gasteiger partial charge in [0.15, 0.2) is 0 Å². The SMILES string of the molecule is CC(=O)Nc1ccc(NC(=O)CN2Cc3ccccc3CC2C(=O)NCCc2ccc(F)cc2)cc1. The van der Waals surface area contributed by atoms with E-state index in [0.29, 0.717) is 37.3 Å². The second-order valence-electron chi connectivity index (χ2n) is 8.87. The standard InChI is InChI=1S/C28H29FN4O3/c1-19(34)31-24-10-12-25(13-11-24)32-27(35)18-33-17-22-5-3-2-4-21(22)16-26(33)28(36)30-15-14-20-6-8-23(29)9-7-20/h2-13,26H,14-18H2,1H3,(H,30,36)(H,31,34)(H,32,35). The first-order chi connectivity index (χ1) is 17.4. The Kier molecular flexibility index (Phi) is 8.07. The molecule has 0 saturated carbocycles. The molecule has 1 heterocycles. The minimum absolute atomic E-state index is 0.0534. The van der Waals surface area contributed by atoms with Gasteiger partial charge in [0.25, 0.3) is 0 Å². The molecule has 0 radical (unpaired) electrons. The Morgan fingerprint density at radius 1 is 0.889 bits per heavy atom. The Morgan fingerprint density at radius 3 is 2.19 bits per heavy atom. The molecule has 0 aliphatic carbocycles. The number of carbonyl (C=O) groups excluding carboxylic acids is 3. The zero-order chi connectivity index (χ0) is 25.5. The summed E-state index contributed by atoms with van der Waals surface area (Å²) < 4.78 is 13.1. The van der Waals surface area contributed by atoms with Crippen molar-refractivity contribution in [2.45, 2.75) is 32.4 Å². The van der Waals surface area contributed by atoms with Gasteiger partial charge in [-0.1, -0.05) is 36.4 Å². The van der Waals surface area contributed by atoms with Gasteiger partial charge < -0.3 is 16.0 Å². The number of amides is 3. The van der Waals surface area contributed by atoms with E-state index >= 15 is 0 Å². The third-order valence-corrected chi connectivity index (χ3v) is 6.11. The van der Waals surface area contributed by atoms with Crippen LogP contribution in [0.5, 0.6) is 0 Å².